The Labute approximate surface area is 152 Å². The number of sulfonamides is 1. The average Bonchev–Trinajstić information content (AvgIpc) is 2.65. The molecule has 1 aromatic carbocycles. The van der Waals surface area contributed by atoms with Crippen LogP contribution in [0, 0.1) is 12.8 Å². The Morgan fingerprint density at radius 2 is 2.08 bits per heavy atom. The molecule has 1 N–H and O–H groups in total. The Hall–Kier alpha value is -2.03. The highest BCUT2D eigenvalue weighted by Gasteiger charge is 2.33. The van der Waals surface area contributed by atoms with E-state index < -0.39 is 10.0 Å². The van der Waals surface area contributed by atoms with Gasteiger partial charge in [-0.3, -0.25) is 9.78 Å². The number of aliphatic hydroxyl groups excluding tert-OH is 1. The van der Waals surface area contributed by atoms with Crippen LogP contribution in [0.2, 0.25) is 0 Å². The standard InChI is InChI=1S/C18H22N2O5S/c1-13-11-15-3-2-4-16(17(15)19-12-13)26(23,24)20-7-5-14(6-8-20)18(22)25-10-9-21/h2-4,11-12,14,21H,5-10H2,1H3. The number of fused-ring (bicyclic) bond motifs is 1. The van der Waals surface area contributed by atoms with E-state index in [4.69, 9.17) is 9.84 Å². The molecule has 3 rings (SSSR count). The minimum absolute atomic E-state index is 0.0293. The van der Waals surface area contributed by atoms with Crippen LogP contribution in [0.5, 0.6) is 0 Å². The molecule has 0 spiro atoms. The van der Waals surface area contributed by atoms with E-state index in [1.54, 1.807) is 18.3 Å². The van der Waals surface area contributed by atoms with Gasteiger partial charge in [-0.15, -0.1) is 0 Å². The van der Waals surface area contributed by atoms with Gasteiger partial charge in [-0.05, 0) is 37.5 Å². The number of benzene rings is 1. The minimum Gasteiger partial charge on any atom is -0.463 e. The smallest absolute Gasteiger partial charge is 0.309 e. The van der Waals surface area contributed by atoms with Crippen LogP contribution < -0.4 is 0 Å². The van der Waals surface area contributed by atoms with Crippen LogP contribution in [-0.4, -0.2) is 55.1 Å². The molecule has 140 valence electrons. The van der Waals surface area contributed by atoms with Crippen molar-refractivity contribution in [2.24, 2.45) is 5.92 Å². The Bertz CT molecular complexity index is 905. The predicted octanol–water partition coefficient (Wildman–Crippen LogP) is 1.48. The van der Waals surface area contributed by atoms with Crippen LogP contribution in [-0.2, 0) is 19.6 Å². The van der Waals surface area contributed by atoms with E-state index in [-0.39, 0.29) is 43.1 Å². The molecule has 0 unspecified atom stereocenters. The van der Waals surface area contributed by atoms with Gasteiger partial charge in [-0.25, -0.2) is 8.42 Å². The van der Waals surface area contributed by atoms with Crippen molar-refractivity contribution in [1.82, 2.24) is 9.29 Å². The fourth-order valence-corrected chi connectivity index (χ4v) is 4.82. The number of piperidine rings is 1. The highest BCUT2D eigenvalue weighted by Crippen LogP contribution is 2.28. The van der Waals surface area contributed by atoms with Crippen molar-refractivity contribution in [2.45, 2.75) is 24.7 Å². The van der Waals surface area contributed by atoms with E-state index in [9.17, 15) is 13.2 Å². The Morgan fingerprint density at radius 3 is 2.77 bits per heavy atom. The number of ether oxygens (including phenoxy) is 1. The topological polar surface area (TPSA) is 96.8 Å². The second kappa shape index (κ2) is 7.69. The third kappa shape index (κ3) is 3.72. The summed E-state index contributed by atoms with van der Waals surface area (Å²) >= 11 is 0. The van der Waals surface area contributed by atoms with Crippen LogP contribution >= 0.6 is 0 Å². The number of esters is 1. The zero-order chi connectivity index (χ0) is 18.7. The lowest BCUT2D eigenvalue weighted by molar-refractivity contribution is -0.150. The fourth-order valence-electron chi connectivity index (χ4n) is 3.19. The van der Waals surface area contributed by atoms with E-state index >= 15 is 0 Å². The zero-order valence-electron chi connectivity index (χ0n) is 14.6. The number of aromatic nitrogens is 1. The van der Waals surface area contributed by atoms with E-state index in [0.717, 1.165) is 10.9 Å². The van der Waals surface area contributed by atoms with Gasteiger partial charge in [0.05, 0.1) is 18.0 Å². The maximum absolute atomic E-state index is 13.1. The van der Waals surface area contributed by atoms with Crippen LogP contribution in [0.4, 0.5) is 0 Å². The lowest BCUT2D eigenvalue weighted by atomic mass is 9.98. The maximum Gasteiger partial charge on any atom is 0.309 e. The summed E-state index contributed by atoms with van der Waals surface area (Å²) in [6, 6.07) is 7.04. The second-order valence-corrected chi connectivity index (χ2v) is 8.32. The van der Waals surface area contributed by atoms with Crippen LogP contribution in [0.15, 0.2) is 35.4 Å². The van der Waals surface area contributed by atoms with Gasteiger partial charge in [0.25, 0.3) is 0 Å². The lowest BCUT2D eigenvalue weighted by Gasteiger charge is -2.30. The summed E-state index contributed by atoms with van der Waals surface area (Å²) in [5.74, 6) is -0.709. The van der Waals surface area contributed by atoms with Crippen molar-refractivity contribution in [3.8, 4) is 0 Å². The second-order valence-electron chi connectivity index (χ2n) is 6.41. The largest absolute Gasteiger partial charge is 0.463 e. The van der Waals surface area contributed by atoms with Gasteiger partial charge < -0.3 is 9.84 Å². The number of aryl methyl sites for hydroxylation is 1. The fraction of sp³-hybridized carbons (Fsp3) is 0.444. The van der Waals surface area contributed by atoms with E-state index in [0.29, 0.717) is 18.4 Å². The molecule has 1 aliphatic rings. The molecule has 0 saturated carbocycles. The number of nitrogens with zero attached hydrogens (tertiary/aromatic N) is 2. The SMILES string of the molecule is Cc1cnc2c(S(=O)(=O)N3CCC(C(=O)OCCO)CC3)cccc2c1. The van der Waals surface area contributed by atoms with E-state index in [1.807, 2.05) is 19.1 Å². The Balaban J connectivity index is 1.79. The summed E-state index contributed by atoms with van der Waals surface area (Å²) in [6.45, 7) is 2.17. The van der Waals surface area contributed by atoms with Gasteiger partial charge in [0.2, 0.25) is 10.0 Å². The van der Waals surface area contributed by atoms with Crippen molar-refractivity contribution in [2.75, 3.05) is 26.3 Å². The molecule has 1 saturated heterocycles. The van der Waals surface area contributed by atoms with Crippen LogP contribution in [0.25, 0.3) is 10.9 Å². The molecule has 26 heavy (non-hydrogen) atoms. The third-order valence-electron chi connectivity index (χ3n) is 4.55. The molecular weight excluding hydrogens is 356 g/mol. The average molecular weight is 378 g/mol. The number of aliphatic hydroxyl groups is 1. The summed E-state index contributed by atoms with van der Waals surface area (Å²) in [5.41, 5.74) is 1.43. The summed E-state index contributed by atoms with van der Waals surface area (Å²) in [7, 11) is -3.69. The Morgan fingerprint density at radius 1 is 1.35 bits per heavy atom. The Kier molecular flexibility index (Phi) is 5.55. The molecule has 1 aliphatic heterocycles. The first-order valence-electron chi connectivity index (χ1n) is 8.56. The van der Waals surface area contributed by atoms with E-state index in [2.05, 4.69) is 4.98 Å². The lowest BCUT2D eigenvalue weighted by Crippen LogP contribution is -2.40. The van der Waals surface area contributed by atoms with Crippen molar-refractivity contribution >= 4 is 26.9 Å². The van der Waals surface area contributed by atoms with Crippen molar-refractivity contribution < 1.29 is 23.1 Å². The number of rotatable bonds is 5. The van der Waals surface area contributed by atoms with Crippen LogP contribution in [0.1, 0.15) is 18.4 Å². The van der Waals surface area contributed by atoms with Crippen LogP contribution in [0.3, 0.4) is 0 Å². The maximum atomic E-state index is 13.1. The van der Waals surface area contributed by atoms with Gasteiger partial charge in [0.1, 0.15) is 11.5 Å². The monoisotopic (exact) mass is 378 g/mol. The van der Waals surface area contributed by atoms with Gasteiger partial charge in [0, 0.05) is 24.7 Å². The number of hydrogen-bond donors (Lipinski definition) is 1. The van der Waals surface area contributed by atoms with E-state index in [1.165, 1.54) is 4.31 Å². The molecule has 1 aromatic heterocycles. The molecular formula is C18H22N2O5S. The number of carbonyl (C=O) groups excluding carboxylic acids is 1. The molecule has 0 radical (unpaired) electrons. The normalized spacial score (nSPS) is 16.7. The van der Waals surface area contributed by atoms with Crippen molar-refractivity contribution in [3.63, 3.8) is 0 Å². The van der Waals surface area contributed by atoms with Crippen molar-refractivity contribution in [1.29, 1.82) is 0 Å². The first-order valence-corrected chi connectivity index (χ1v) is 10.0. The zero-order valence-corrected chi connectivity index (χ0v) is 15.4. The molecule has 2 aromatic rings. The summed E-state index contributed by atoms with van der Waals surface area (Å²) < 4.78 is 32.5. The number of pyridine rings is 1. The highest BCUT2D eigenvalue weighted by atomic mass is 32.2. The van der Waals surface area contributed by atoms with Gasteiger partial charge in [0.15, 0.2) is 0 Å². The third-order valence-corrected chi connectivity index (χ3v) is 6.48. The number of para-hydroxylation sites is 1. The summed E-state index contributed by atoms with van der Waals surface area (Å²) in [4.78, 5) is 16.4. The van der Waals surface area contributed by atoms with Gasteiger partial charge in [-0.2, -0.15) is 4.31 Å². The highest BCUT2D eigenvalue weighted by molar-refractivity contribution is 7.89. The first-order chi connectivity index (χ1) is 12.4. The first kappa shape index (κ1) is 18.8. The molecule has 0 atom stereocenters. The van der Waals surface area contributed by atoms with Gasteiger partial charge in [-0.1, -0.05) is 12.1 Å². The molecule has 7 nitrogen and oxygen atoms in total. The molecule has 0 bridgehead atoms. The predicted molar refractivity (Wildman–Crippen MR) is 96.0 cm³/mol. The van der Waals surface area contributed by atoms with Gasteiger partial charge >= 0.3 is 5.97 Å². The minimum atomic E-state index is -3.69. The summed E-state index contributed by atoms with van der Waals surface area (Å²) in [6.07, 6.45) is 2.46. The molecule has 1 fully saturated rings. The molecule has 2 heterocycles. The van der Waals surface area contributed by atoms with Crippen molar-refractivity contribution in [3.05, 3.63) is 36.0 Å². The number of hydrogen-bond acceptors (Lipinski definition) is 6. The quantitative estimate of drug-likeness (QED) is 0.792. The molecule has 0 aliphatic carbocycles. The number of carbonyl (C=O) groups is 1. The molecule has 0 amide bonds. The molecule has 8 heteroatoms. The summed E-state index contributed by atoms with van der Waals surface area (Å²) in [5, 5.41) is 9.51.